The smallest absolute Gasteiger partial charge is 0.124 e. The van der Waals surface area contributed by atoms with Crippen LogP contribution < -0.4 is 0 Å². The molecule has 1 heterocycles. The number of aldehydes is 1. The molecular weight excluding hydrogens is 154 g/mol. The lowest BCUT2D eigenvalue weighted by Gasteiger charge is -1.99. The van der Waals surface area contributed by atoms with Crippen LogP contribution in [0.1, 0.15) is 11.3 Å². The number of carbonyl (C=O) groups is 1. The fraction of sp³-hybridized carbons (Fsp3) is 0.333. The van der Waals surface area contributed by atoms with Gasteiger partial charge in [-0.15, -0.1) is 0 Å². The van der Waals surface area contributed by atoms with Crippen molar-refractivity contribution in [1.82, 2.24) is 4.98 Å². The van der Waals surface area contributed by atoms with Gasteiger partial charge in [0.2, 0.25) is 0 Å². The molecule has 0 atom stereocenters. The van der Waals surface area contributed by atoms with E-state index < -0.39 is 0 Å². The van der Waals surface area contributed by atoms with Gasteiger partial charge in [0.25, 0.3) is 0 Å². The number of nitrogens with zero attached hydrogens (tertiary/aromatic N) is 1. The standard InChI is InChI=1S/C9H11NO2/c1-12-7-9-6-8(3-5-11)2-4-10-9/h2,4-6H,3,7H2,1H3. The zero-order chi connectivity index (χ0) is 8.81. The normalized spacial score (nSPS) is 9.75. The van der Waals surface area contributed by atoms with Gasteiger partial charge in [0.15, 0.2) is 0 Å². The highest BCUT2D eigenvalue weighted by atomic mass is 16.5. The van der Waals surface area contributed by atoms with Gasteiger partial charge in [-0.1, -0.05) is 0 Å². The number of hydrogen-bond acceptors (Lipinski definition) is 3. The lowest BCUT2D eigenvalue weighted by Crippen LogP contribution is -1.94. The van der Waals surface area contributed by atoms with Crippen molar-refractivity contribution in [2.45, 2.75) is 13.0 Å². The minimum atomic E-state index is 0.444. The van der Waals surface area contributed by atoms with E-state index in [2.05, 4.69) is 4.98 Å². The Kier molecular flexibility index (Phi) is 3.41. The lowest BCUT2D eigenvalue weighted by molar-refractivity contribution is -0.107. The molecule has 1 rings (SSSR count). The molecule has 1 aromatic rings. The summed E-state index contributed by atoms with van der Waals surface area (Å²) in [7, 11) is 1.62. The Morgan fingerprint density at radius 3 is 3.17 bits per heavy atom. The number of pyridine rings is 1. The topological polar surface area (TPSA) is 39.2 Å². The number of rotatable bonds is 4. The number of ether oxygens (including phenoxy) is 1. The Bertz CT molecular complexity index is 260. The molecule has 12 heavy (non-hydrogen) atoms. The van der Waals surface area contributed by atoms with Gasteiger partial charge in [-0.2, -0.15) is 0 Å². The predicted molar refractivity (Wildman–Crippen MR) is 44.7 cm³/mol. The van der Waals surface area contributed by atoms with E-state index in [1.165, 1.54) is 0 Å². The highest BCUT2D eigenvalue weighted by molar-refractivity contribution is 5.54. The SMILES string of the molecule is COCc1cc(CC=O)ccn1. The van der Waals surface area contributed by atoms with E-state index in [9.17, 15) is 4.79 Å². The van der Waals surface area contributed by atoms with E-state index in [0.29, 0.717) is 13.0 Å². The van der Waals surface area contributed by atoms with Crippen molar-refractivity contribution in [1.29, 1.82) is 0 Å². The molecule has 0 fully saturated rings. The molecule has 3 nitrogen and oxygen atoms in total. The molecular formula is C9H11NO2. The van der Waals surface area contributed by atoms with Gasteiger partial charge in [-0.3, -0.25) is 4.98 Å². The van der Waals surface area contributed by atoms with E-state index in [1.54, 1.807) is 13.3 Å². The summed E-state index contributed by atoms with van der Waals surface area (Å²) >= 11 is 0. The van der Waals surface area contributed by atoms with Crippen LogP contribution in [-0.4, -0.2) is 18.4 Å². The molecule has 0 spiro atoms. The highest BCUT2D eigenvalue weighted by Gasteiger charge is 1.95. The largest absolute Gasteiger partial charge is 0.378 e. The van der Waals surface area contributed by atoms with Crippen molar-refractivity contribution in [3.63, 3.8) is 0 Å². The van der Waals surface area contributed by atoms with Crippen LogP contribution in [0.5, 0.6) is 0 Å². The van der Waals surface area contributed by atoms with Gasteiger partial charge in [-0.25, -0.2) is 0 Å². The van der Waals surface area contributed by atoms with Crippen LogP contribution in [0.3, 0.4) is 0 Å². The predicted octanol–water partition coefficient (Wildman–Crippen LogP) is 0.969. The maximum absolute atomic E-state index is 10.2. The van der Waals surface area contributed by atoms with Gasteiger partial charge < -0.3 is 9.53 Å². The molecule has 0 amide bonds. The molecule has 0 saturated heterocycles. The summed E-state index contributed by atoms with van der Waals surface area (Å²) in [6, 6.07) is 3.70. The quantitative estimate of drug-likeness (QED) is 0.624. The van der Waals surface area contributed by atoms with Gasteiger partial charge in [0.1, 0.15) is 6.29 Å². The van der Waals surface area contributed by atoms with Crippen LogP contribution in [0.4, 0.5) is 0 Å². The molecule has 0 aliphatic carbocycles. The third-order valence-corrected chi connectivity index (χ3v) is 1.49. The van der Waals surface area contributed by atoms with Crippen molar-refractivity contribution in [3.8, 4) is 0 Å². The Labute approximate surface area is 71.4 Å². The maximum atomic E-state index is 10.2. The third-order valence-electron chi connectivity index (χ3n) is 1.49. The molecule has 0 aliphatic rings. The zero-order valence-electron chi connectivity index (χ0n) is 6.99. The average molecular weight is 165 g/mol. The number of aromatic nitrogens is 1. The fourth-order valence-corrected chi connectivity index (χ4v) is 0.978. The second kappa shape index (κ2) is 4.62. The van der Waals surface area contributed by atoms with E-state index >= 15 is 0 Å². The molecule has 0 bridgehead atoms. The first-order valence-electron chi connectivity index (χ1n) is 3.73. The number of hydrogen-bond donors (Lipinski definition) is 0. The van der Waals surface area contributed by atoms with E-state index in [1.807, 2.05) is 12.1 Å². The summed E-state index contributed by atoms with van der Waals surface area (Å²) in [6.45, 7) is 0.493. The van der Waals surface area contributed by atoms with Crippen molar-refractivity contribution in [2.24, 2.45) is 0 Å². The number of methoxy groups -OCH3 is 1. The Morgan fingerprint density at radius 2 is 2.50 bits per heavy atom. The molecule has 0 radical (unpaired) electrons. The van der Waals surface area contributed by atoms with Crippen molar-refractivity contribution < 1.29 is 9.53 Å². The summed E-state index contributed by atoms with van der Waals surface area (Å²) in [5, 5.41) is 0. The van der Waals surface area contributed by atoms with Crippen LogP contribution in [0.2, 0.25) is 0 Å². The Hall–Kier alpha value is -1.22. The third kappa shape index (κ3) is 2.43. The Morgan fingerprint density at radius 1 is 1.67 bits per heavy atom. The summed E-state index contributed by atoms with van der Waals surface area (Å²) in [6.07, 6.45) is 3.01. The summed E-state index contributed by atoms with van der Waals surface area (Å²) in [5.41, 5.74) is 1.84. The fourth-order valence-electron chi connectivity index (χ4n) is 0.978. The molecule has 0 aromatic carbocycles. The van der Waals surface area contributed by atoms with E-state index in [4.69, 9.17) is 4.74 Å². The first-order valence-corrected chi connectivity index (χ1v) is 3.73. The minimum Gasteiger partial charge on any atom is -0.378 e. The number of carbonyl (C=O) groups excluding carboxylic acids is 1. The molecule has 64 valence electrons. The van der Waals surface area contributed by atoms with Gasteiger partial charge in [-0.05, 0) is 17.7 Å². The van der Waals surface area contributed by atoms with Crippen LogP contribution >= 0.6 is 0 Å². The molecule has 0 aliphatic heterocycles. The first kappa shape index (κ1) is 8.87. The maximum Gasteiger partial charge on any atom is 0.124 e. The van der Waals surface area contributed by atoms with Crippen molar-refractivity contribution >= 4 is 6.29 Å². The van der Waals surface area contributed by atoms with E-state index in [-0.39, 0.29) is 0 Å². The minimum absolute atomic E-state index is 0.444. The molecule has 0 unspecified atom stereocenters. The van der Waals surface area contributed by atoms with Crippen LogP contribution in [0, 0.1) is 0 Å². The van der Waals surface area contributed by atoms with Gasteiger partial charge in [0.05, 0.1) is 12.3 Å². The van der Waals surface area contributed by atoms with Gasteiger partial charge in [0, 0.05) is 19.7 Å². The van der Waals surface area contributed by atoms with Crippen LogP contribution in [-0.2, 0) is 22.6 Å². The molecule has 0 saturated carbocycles. The van der Waals surface area contributed by atoms with Crippen LogP contribution in [0.15, 0.2) is 18.3 Å². The van der Waals surface area contributed by atoms with Crippen molar-refractivity contribution in [2.75, 3.05) is 7.11 Å². The summed E-state index contributed by atoms with van der Waals surface area (Å²) in [4.78, 5) is 14.3. The molecule has 3 heteroatoms. The first-order chi connectivity index (χ1) is 5.86. The van der Waals surface area contributed by atoms with Crippen molar-refractivity contribution in [3.05, 3.63) is 29.6 Å². The molecule has 1 aromatic heterocycles. The Balaban J connectivity index is 2.73. The van der Waals surface area contributed by atoms with E-state index in [0.717, 1.165) is 17.5 Å². The van der Waals surface area contributed by atoms with Crippen LogP contribution in [0.25, 0.3) is 0 Å². The molecule has 0 N–H and O–H groups in total. The second-order valence-electron chi connectivity index (χ2n) is 2.46. The monoisotopic (exact) mass is 165 g/mol. The second-order valence-corrected chi connectivity index (χ2v) is 2.46. The zero-order valence-corrected chi connectivity index (χ0v) is 6.99. The summed E-state index contributed by atoms with van der Waals surface area (Å²) in [5.74, 6) is 0. The lowest BCUT2D eigenvalue weighted by atomic mass is 10.2. The summed E-state index contributed by atoms with van der Waals surface area (Å²) < 4.78 is 4.91. The average Bonchev–Trinajstić information content (AvgIpc) is 2.06. The van der Waals surface area contributed by atoms with Gasteiger partial charge >= 0.3 is 0 Å². The highest BCUT2D eigenvalue weighted by Crippen LogP contribution is 2.02.